The molecule has 3 atom stereocenters. The SMILES string of the molecule is CCCCOc1ccc(C(=O)NNC(=S)N[C@@H]2CCC[C@@H](C)[C@@H]2C)cc1OC. The van der Waals surface area contributed by atoms with Gasteiger partial charge in [-0.05, 0) is 55.1 Å². The standard InChI is InChI=1S/C21H33N3O3S/c1-5-6-12-27-18-11-10-16(13-19(18)26-4)20(25)23-24-21(28)22-17-9-7-8-14(2)15(17)3/h10-11,13-15,17H,5-9,12H2,1-4H3,(H,23,25)(H2,22,24,28)/t14-,15+,17-/m1/s1. The van der Waals surface area contributed by atoms with Gasteiger partial charge >= 0.3 is 0 Å². The normalized spacial score (nSPS) is 21.5. The molecule has 0 spiro atoms. The van der Waals surface area contributed by atoms with Crippen molar-refractivity contribution in [2.45, 2.75) is 58.9 Å². The number of ether oxygens (including phenoxy) is 2. The number of rotatable bonds is 7. The minimum absolute atomic E-state index is 0.285. The quantitative estimate of drug-likeness (QED) is 0.363. The molecule has 7 heteroatoms. The van der Waals surface area contributed by atoms with E-state index in [2.05, 4.69) is 36.9 Å². The van der Waals surface area contributed by atoms with Crippen LogP contribution in [-0.2, 0) is 0 Å². The van der Waals surface area contributed by atoms with Crippen LogP contribution in [0.4, 0.5) is 0 Å². The summed E-state index contributed by atoms with van der Waals surface area (Å²) in [6.45, 7) is 7.26. The van der Waals surface area contributed by atoms with Crippen molar-refractivity contribution in [3.8, 4) is 11.5 Å². The van der Waals surface area contributed by atoms with Crippen LogP contribution in [0.1, 0.15) is 63.2 Å². The van der Waals surface area contributed by atoms with E-state index in [0.29, 0.717) is 46.7 Å². The molecule has 0 aliphatic heterocycles. The topological polar surface area (TPSA) is 71.6 Å². The lowest BCUT2D eigenvalue weighted by Crippen LogP contribution is -2.52. The van der Waals surface area contributed by atoms with Crippen molar-refractivity contribution < 1.29 is 14.3 Å². The number of hydrazine groups is 1. The van der Waals surface area contributed by atoms with E-state index in [9.17, 15) is 4.79 Å². The Labute approximate surface area is 173 Å². The summed E-state index contributed by atoms with van der Waals surface area (Å²) in [7, 11) is 1.56. The zero-order chi connectivity index (χ0) is 20.5. The van der Waals surface area contributed by atoms with Crippen molar-refractivity contribution in [1.82, 2.24) is 16.2 Å². The third-order valence-electron chi connectivity index (χ3n) is 5.49. The van der Waals surface area contributed by atoms with Crippen molar-refractivity contribution in [1.29, 1.82) is 0 Å². The lowest BCUT2D eigenvalue weighted by Gasteiger charge is -2.35. The van der Waals surface area contributed by atoms with E-state index in [4.69, 9.17) is 21.7 Å². The van der Waals surface area contributed by atoms with Crippen LogP contribution in [0.5, 0.6) is 11.5 Å². The zero-order valence-electron chi connectivity index (χ0n) is 17.3. The van der Waals surface area contributed by atoms with Crippen LogP contribution in [0.2, 0.25) is 0 Å². The molecule has 0 unspecified atom stereocenters. The van der Waals surface area contributed by atoms with Crippen molar-refractivity contribution in [3.63, 3.8) is 0 Å². The maximum Gasteiger partial charge on any atom is 0.269 e. The molecule has 1 aromatic carbocycles. The third-order valence-corrected chi connectivity index (χ3v) is 5.71. The number of nitrogens with one attached hydrogen (secondary N) is 3. The Morgan fingerprint density at radius 3 is 2.71 bits per heavy atom. The van der Waals surface area contributed by atoms with E-state index in [-0.39, 0.29) is 5.91 Å². The van der Waals surface area contributed by atoms with Gasteiger partial charge in [0, 0.05) is 11.6 Å². The average molecular weight is 408 g/mol. The van der Waals surface area contributed by atoms with Crippen LogP contribution in [-0.4, -0.2) is 30.8 Å². The number of unbranched alkanes of at least 4 members (excludes halogenated alkanes) is 1. The van der Waals surface area contributed by atoms with Crippen molar-refractivity contribution in [2.24, 2.45) is 11.8 Å². The van der Waals surface area contributed by atoms with Gasteiger partial charge in [-0.15, -0.1) is 0 Å². The van der Waals surface area contributed by atoms with Gasteiger partial charge in [-0.1, -0.05) is 40.0 Å². The smallest absolute Gasteiger partial charge is 0.269 e. The van der Waals surface area contributed by atoms with Crippen LogP contribution < -0.4 is 25.6 Å². The highest BCUT2D eigenvalue weighted by atomic mass is 32.1. The van der Waals surface area contributed by atoms with Gasteiger partial charge < -0.3 is 14.8 Å². The van der Waals surface area contributed by atoms with Crippen LogP contribution in [0.3, 0.4) is 0 Å². The number of carbonyl (C=O) groups is 1. The second kappa shape index (κ2) is 11.1. The molecule has 0 heterocycles. The zero-order valence-corrected chi connectivity index (χ0v) is 18.2. The van der Waals surface area contributed by atoms with Crippen LogP contribution in [0.15, 0.2) is 18.2 Å². The lowest BCUT2D eigenvalue weighted by molar-refractivity contribution is 0.0942. The molecular weight excluding hydrogens is 374 g/mol. The molecule has 28 heavy (non-hydrogen) atoms. The molecule has 6 nitrogen and oxygen atoms in total. The number of methoxy groups -OCH3 is 1. The number of amides is 1. The Hall–Kier alpha value is -2.02. The molecule has 1 fully saturated rings. The molecule has 1 aromatic rings. The molecular formula is C21H33N3O3S. The monoisotopic (exact) mass is 407 g/mol. The van der Waals surface area contributed by atoms with E-state index < -0.39 is 0 Å². The Kier molecular flexibility index (Phi) is 8.83. The summed E-state index contributed by atoms with van der Waals surface area (Å²) in [6.07, 6.45) is 5.58. The average Bonchev–Trinajstić information content (AvgIpc) is 2.70. The van der Waals surface area contributed by atoms with Crippen LogP contribution in [0.25, 0.3) is 0 Å². The molecule has 1 saturated carbocycles. The predicted octanol–water partition coefficient (Wildman–Crippen LogP) is 3.81. The summed E-state index contributed by atoms with van der Waals surface area (Å²) < 4.78 is 11.1. The van der Waals surface area contributed by atoms with E-state index >= 15 is 0 Å². The fraction of sp³-hybridized carbons (Fsp3) is 0.619. The minimum atomic E-state index is -0.285. The second-order valence-electron chi connectivity index (χ2n) is 7.49. The Balaban J connectivity index is 1.87. The molecule has 3 N–H and O–H groups in total. The molecule has 0 aromatic heterocycles. The van der Waals surface area contributed by atoms with Crippen molar-refractivity contribution in [2.75, 3.05) is 13.7 Å². The first-order chi connectivity index (χ1) is 13.5. The molecule has 1 aliphatic carbocycles. The lowest BCUT2D eigenvalue weighted by atomic mass is 9.78. The first kappa shape index (κ1) is 22.3. The molecule has 0 bridgehead atoms. The summed E-state index contributed by atoms with van der Waals surface area (Å²) in [4.78, 5) is 12.4. The third kappa shape index (κ3) is 6.26. The van der Waals surface area contributed by atoms with Gasteiger partial charge in [0.05, 0.1) is 13.7 Å². The summed E-state index contributed by atoms with van der Waals surface area (Å²) in [5.74, 6) is 2.11. The van der Waals surface area contributed by atoms with Gasteiger partial charge in [0.1, 0.15) is 0 Å². The summed E-state index contributed by atoms with van der Waals surface area (Å²) in [5.41, 5.74) is 5.92. The first-order valence-corrected chi connectivity index (χ1v) is 10.5. The number of thiocarbonyl (C=S) groups is 1. The van der Waals surface area contributed by atoms with Crippen molar-refractivity contribution in [3.05, 3.63) is 23.8 Å². The summed E-state index contributed by atoms with van der Waals surface area (Å²) in [5, 5.41) is 3.76. The Morgan fingerprint density at radius 1 is 1.21 bits per heavy atom. The molecule has 1 aliphatic rings. The summed E-state index contributed by atoms with van der Waals surface area (Å²) >= 11 is 5.34. The van der Waals surface area contributed by atoms with E-state index in [1.807, 2.05) is 0 Å². The molecule has 0 radical (unpaired) electrons. The highest BCUT2D eigenvalue weighted by molar-refractivity contribution is 7.80. The number of benzene rings is 1. The number of carbonyl (C=O) groups excluding carboxylic acids is 1. The minimum Gasteiger partial charge on any atom is -0.493 e. The van der Waals surface area contributed by atoms with Crippen LogP contribution in [0, 0.1) is 11.8 Å². The largest absolute Gasteiger partial charge is 0.493 e. The van der Waals surface area contributed by atoms with Gasteiger partial charge in [0.25, 0.3) is 5.91 Å². The molecule has 156 valence electrons. The van der Waals surface area contributed by atoms with Gasteiger partial charge in [0.15, 0.2) is 16.6 Å². The van der Waals surface area contributed by atoms with Gasteiger partial charge in [0.2, 0.25) is 0 Å². The van der Waals surface area contributed by atoms with E-state index in [0.717, 1.165) is 19.3 Å². The van der Waals surface area contributed by atoms with Gasteiger partial charge in [-0.2, -0.15) is 0 Å². The number of hydrogen-bond acceptors (Lipinski definition) is 4. The highest BCUT2D eigenvalue weighted by Gasteiger charge is 2.27. The van der Waals surface area contributed by atoms with E-state index in [1.54, 1.807) is 25.3 Å². The predicted molar refractivity (Wildman–Crippen MR) is 116 cm³/mol. The van der Waals surface area contributed by atoms with Gasteiger partial charge in [-0.3, -0.25) is 15.6 Å². The van der Waals surface area contributed by atoms with E-state index in [1.165, 1.54) is 12.8 Å². The highest BCUT2D eigenvalue weighted by Crippen LogP contribution is 2.29. The maximum absolute atomic E-state index is 12.4. The van der Waals surface area contributed by atoms with Crippen molar-refractivity contribution >= 4 is 23.2 Å². The fourth-order valence-corrected chi connectivity index (χ4v) is 3.63. The summed E-state index contributed by atoms with van der Waals surface area (Å²) in [6, 6.07) is 5.47. The molecule has 0 saturated heterocycles. The second-order valence-corrected chi connectivity index (χ2v) is 7.90. The molecule has 2 rings (SSSR count). The number of hydrogen-bond donors (Lipinski definition) is 3. The van der Waals surface area contributed by atoms with Crippen LogP contribution >= 0.6 is 12.2 Å². The maximum atomic E-state index is 12.4. The fourth-order valence-electron chi connectivity index (χ4n) is 3.43. The first-order valence-electron chi connectivity index (χ1n) is 10.1. The Bertz CT molecular complexity index is 668. The molecule has 1 amide bonds. The van der Waals surface area contributed by atoms with Gasteiger partial charge in [-0.25, -0.2) is 0 Å². The Morgan fingerprint density at radius 2 is 2.00 bits per heavy atom.